The number of nitrogens with one attached hydrogen (secondary N) is 1. The fourth-order valence-electron chi connectivity index (χ4n) is 4.55. The van der Waals surface area contributed by atoms with E-state index >= 15 is 0 Å². The molecule has 0 aliphatic heterocycles. The lowest BCUT2D eigenvalue weighted by Gasteiger charge is -2.19. The molecule has 8 nitrogen and oxygen atoms in total. The van der Waals surface area contributed by atoms with Crippen molar-refractivity contribution in [1.29, 1.82) is 0 Å². The Bertz CT molecular complexity index is 1160. The Hall–Kier alpha value is -2.94. The SMILES string of the molecule is CC(C)(C)OC(=O)CCCCCCCCCCCCCCCc1ccc(S(=O)(=O)Nc2ccc(C(=O)O)cn2)cc1. The normalized spacial score (nSPS) is 11.8. The van der Waals surface area contributed by atoms with E-state index < -0.39 is 16.0 Å². The summed E-state index contributed by atoms with van der Waals surface area (Å²) >= 11 is 0. The number of aromatic nitrogens is 1. The van der Waals surface area contributed by atoms with Crippen LogP contribution in [0, 0.1) is 0 Å². The standard InChI is InChI=1S/C32H48N2O6S/c1-32(2,3)40-30(35)18-16-14-12-10-8-6-4-5-7-9-11-13-15-17-26-19-22-28(23-20-26)41(38,39)34-29-24-21-27(25-33-29)31(36)37/h19-25H,4-18H2,1-3H3,(H,33,34)(H,36,37). The molecule has 0 saturated heterocycles. The molecule has 9 heteroatoms. The van der Waals surface area contributed by atoms with Gasteiger partial charge in [-0.05, 0) is 69.9 Å². The van der Waals surface area contributed by atoms with E-state index in [1.165, 1.54) is 76.3 Å². The highest BCUT2D eigenvalue weighted by atomic mass is 32.2. The van der Waals surface area contributed by atoms with Crippen molar-refractivity contribution in [2.24, 2.45) is 0 Å². The van der Waals surface area contributed by atoms with Crippen molar-refractivity contribution in [3.63, 3.8) is 0 Å². The van der Waals surface area contributed by atoms with Crippen molar-refractivity contribution in [1.82, 2.24) is 4.98 Å². The van der Waals surface area contributed by atoms with Crippen molar-refractivity contribution in [2.45, 2.75) is 128 Å². The van der Waals surface area contributed by atoms with Gasteiger partial charge in [0, 0.05) is 12.6 Å². The number of carboxylic acids is 1. The molecule has 0 spiro atoms. The zero-order valence-electron chi connectivity index (χ0n) is 25.0. The van der Waals surface area contributed by atoms with Gasteiger partial charge in [-0.3, -0.25) is 9.52 Å². The number of nitrogens with zero attached hydrogens (tertiary/aromatic N) is 1. The lowest BCUT2D eigenvalue weighted by atomic mass is 10.0. The molecule has 0 unspecified atom stereocenters. The van der Waals surface area contributed by atoms with Crippen LogP contribution in [-0.4, -0.2) is 36.0 Å². The number of benzene rings is 1. The Morgan fingerprint density at radius 3 is 1.76 bits per heavy atom. The average molecular weight is 589 g/mol. The minimum atomic E-state index is -3.80. The van der Waals surface area contributed by atoms with Crippen LogP contribution in [0.2, 0.25) is 0 Å². The van der Waals surface area contributed by atoms with E-state index in [1.807, 2.05) is 32.9 Å². The number of hydrogen-bond donors (Lipinski definition) is 2. The summed E-state index contributed by atoms with van der Waals surface area (Å²) in [6, 6.07) is 9.50. The van der Waals surface area contributed by atoms with Crippen molar-refractivity contribution in [2.75, 3.05) is 4.72 Å². The van der Waals surface area contributed by atoms with Gasteiger partial charge in [-0.2, -0.15) is 0 Å². The Morgan fingerprint density at radius 2 is 1.29 bits per heavy atom. The molecule has 0 bridgehead atoms. The number of sulfonamides is 1. The van der Waals surface area contributed by atoms with Crippen molar-refractivity contribution < 1.29 is 27.9 Å². The molecule has 0 aliphatic carbocycles. The Balaban J connectivity index is 1.47. The number of aromatic carboxylic acids is 1. The summed E-state index contributed by atoms with van der Waals surface area (Å²) in [5.74, 6) is -1.13. The number of carboxylic acid groups (broad SMARTS) is 1. The first kappa shape index (κ1) is 34.3. The second-order valence-corrected chi connectivity index (χ2v) is 13.4. The number of aryl methyl sites for hydroxylation is 1. The van der Waals surface area contributed by atoms with Gasteiger partial charge in [0.05, 0.1) is 10.5 Å². The molecule has 1 aromatic heterocycles. The summed E-state index contributed by atoms with van der Waals surface area (Å²) in [6.45, 7) is 5.71. The van der Waals surface area contributed by atoms with Crippen LogP contribution < -0.4 is 4.72 Å². The number of hydrogen-bond acceptors (Lipinski definition) is 6. The number of anilines is 1. The molecule has 0 aliphatic rings. The predicted molar refractivity (Wildman–Crippen MR) is 163 cm³/mol. The minimum absolute atomic E-state index is 0.00926. The van der Waals surface area contributed by atoms with Crippen LogP contribution in [0.25, 0.3) is 0 Å². The quantitative estimate of drug-likeness (QED) is 0.119. The molecule has 2 N–H and O–H groups in total. The molecule has 2 rings (SSSR count). The van der Waals surface area contributed by atoms with E-state index in [0.29, 0.717) is 6.42 Å². The van der Waals surface area contributed by atoms with Gasteiger partial charge in [-0.15, -0.1) is 0 Å². The van der Waals surface area contributed by atoms with Gasteiger partial charge in [0.1, 0.15) is 11.4 Å². The van der Waals surface area contributed by atoms with Crippen LogP contribution in [0.3, 0.4) is 0 Å². The maximum Gasteiger partial charge on any atom is 0.337 e. The van der Waals surface area contributed by atoms with Crippen LogP contribution in [0.1, 0.15) is 127 Å². The monoisotopic (exact) mass is 588 g/mol. The summed E-state index contributed by atoms with van der Waals surface area (Å²) in [5.41, 5.74) is 0.712. The van der Waals surface area contributed by atoms with Gasteiger partial charge in [-0.25, -0.2) is 18.2 Å². The third-order valence-electron chi connectivity index (χ3n) is 6.75. The zero-order valence-corrected chi connectivity index (χ0v) is 25.8. The first-order chi connectivity index (χ1) is 19.5. The molecule has 2 aromatic rings. The lowest BCUT2D eigenvalue weighted by Crippen LogP contribution is -2.23. The molecule has 228 valence electrons. The van der Waals surface area contributed by atoms with Gasteiger partial charge in [0.25, 0.3) is 10.0 Å². The number of carbonyl (C=O) groups is 2. The molecule has 0 fully saturated rings. The number of carbonyl (C=O) groups excluding carboxylic acids is 1. The molecular formula is C32H48N2O6S. The number of unbranched alkanes of at least 4 members (excludes halogenated alkanes) is 12. The summed E-state index contributed by atoms with van der Waals surface area (Å²) in [4.78, 5) is 26.6. The zero-order chi connectivity index (χ0) is 30.1. The molecule has 1 aromatic carbocycles. The molecule has 41 heavy (non-hydrogen) atoms. The predicted octanol–water partition coefficient (Wildman–Crippen LogP) is 7.93. The Morgan fingerprint density at radius 1 is 0.780 bits per heavy atom. The van der Waals surface area contributed by atoms with E-state index in [-0.39, 0.29) is 27.8 Å². The molecule has 0 amide bonds. The average Bonchev–Trinajstić information content (AvgIpc) is 2.90. The molecule has 0 saturated carbocycles. The maximum atomic E-state index is 12.6. The third-order valence-corrected chi connectivity index (χ3v) is 8.12. The number of pyridine rings is 1. The lowest BCUT2D eigenvalue weighted by molar-refractivity contribution is -0.154. The number of rotatable bonds is 20. The summed E-state index contributed by atoms with van der Waals surface area (Å²) in [7, 11) is -3.80. The molecule has 0 radical (unpaired) electrons. The summed E-state index contributed by atoms with van der Waals surface area (Å²) in [6.07, 6.45) is 18.2. The van der Waals surface area contributed by atoms with Crippen molar-refractivity contribution >= 4 is 27.8 Å². The molecular weight excluding hydrogens is 540 g/mol. The van der Waals surface area contributed by atoms with E-state index in [9.17, 15) is 18.0 Å². The Kier molecular flexibility index (Phi) is 14.9. The smallest absolute Gasteiger partial charge is 0.337 e. The van der Waals surface area contributed by atoms with Crippen LogP contribution in [0.15, 0.2) is 47.5 Å². The van der Waals surface area contributed by atoms with Crippen molar-refractivity contribution in [3.05, 3.63) is 53.7 Å². The number of esters is 1. The largest absolute Gasteiger partial charge is 0.478 e. The van der Waals surface area contributed by atoms with Gasteiger partial charge < -0.3 is 9.84 Å². The summed E-state index contributed by atoms with van der Waals surface area (Å²) in [5, 5.41) is 8.93. The first-order valence-electron chi connectivity index (χ1n) is 15.0. The fourth-order valence-corrected chi connectivity index (χ4v) is 5.56. The van der Waals surface area contributed by atoms with Crippen LogP contribution in [0.5, 0.6) is 0 Å². The van der Waals surface area contributed by atoms with Gasteiger partial charge in [0.15, 0.2) is 0 Å². The maximum absolute atomic E-state index is 12.6. The van der Waals surface area contributed by atoms with Crippen LogP contribution in [0.4, 0.5) is 5.82 Å². The highest BCUT2D eigenvalue weighted by Crippen LogP contribution is 2.18. The third kappa shape index (κ3) is 15.0. The minimum Gasteiger partial charge on any atom is -0.478 e. The van der Waals surface area contributed by atoms with Crippen molar-refractivity contribution in [3.8, 4) is 0 Å². The van der Waals surface area contributed by atoms with E-state index in [4.69, 9.17) is 9.84 Å². The van der Waals surface area contributed by atoms with Crippen LogP contribution >= 0.6 is 0 Å². The van der Waals surface area contributed by atoms with Gasteiger partial charge >= 0.3 is 11.9 Å². The second kappa shape index (κ2) is 17.8. The topological polar surface area (TPSA) is 123 Å². The fraction of sp³-hybridized carbons (Fsp3) is 0.594. The van der Waals surface area contributed by atoms with Gasteiger partial charge in [-0.1, -0.05) is 82.8 Å². The molecule has 0 atom stereocenters. The van der Waals surface area contributed by atoms with E-state index in [1.54, 1.807) is 12.1 Å². The Labute approximate surface area is 246 Å². The first-order valence-corrected chi connectivity index (χ1v) is 16.5. The van der Waals surface area contributed by atoms with E-state index in [2.05, 4.69) is 9.71 Å². The summed E-state index contributed by atoms with van der Waals surface area (Å²) < 4.78 is 32.9. The van der Waals surface area contributed by atoms with Crippen LogP contribution in [-0.2, 0) is 26.0 Å². The number of ether oxygens (including phenoxy) is 1. The highest BCUT2D eigenvalue weighted by Gasteiger charge is 2.16. The molecule has 1 heterocycles. The van der Waals surface area contributed by atoms with Gasteiger partial charge in [0.2, 0.25) is 0 Å². The highest BCUT2D eigenvalue weighted by molar-refractivity contribution is 7.92. The second-order valence-electron chi connectivity index (χ2n) is 11.7. The van der Waals surface area contributed by atoms with E-state index in [0.717, 1.165) is 37.4 Å².